The summed E-state index contributed by atoms with van der Waals surface area (Å²) < 4.78 is 5.12. The van der Waals surface area contributed by atoms with Crippen LogP contribution in [0.5, 0.6) is 0 Å². The molecule has 1 aliphatic rings. The number of hydrogen-bond donors (Lipinski definition) is 0. The fraction of sp³-hybridized carbons (Fsp3) is 0.0118. The van der Waals surface area contributed by atoms with Gasteiger partial charge in [0.05, 0.1) is 16.4 Å². The van der Waals surface area contributed by atoms with E-state index in [0.29, 0.717) is 0 Å². The van der Waals surface area contributed by atoms with Crippen LogP contribution in [0.15, 0.2) is 328 Å². The third kappa shape index (κ3) is 7.67. The van der Waals surface area contributed by atoms with Crippen LogP contribution in [0.25, 0.3) is 124 Å². The molecule has 0 saturated heterocycles. The lowest BCUT2D eigenvalue weighted by atomic mass is 9.67. The number of hydrogen-bond acceptors (Lipinski definition) is 2. The van der Waals surface area contributed by atoms with Crippen LogP contribution in [0.3, 0.4) is 0 Å². The molecule has 0 saturated carbocycles. The van der Waals surface area contributed by atoms with Crippen LogP contribution in [0.2, 0.25) is 0 Å². The zero-order valence-corrected chi connectivity index (χ0v) is 48.8. The van der Waals surface area contributed by atoms with Crippen molar-refractivity contribution in [1.82, 2.24) is 4.57 Å². The average molecular weight is 1140 g/mol. The Kier molecular flexibility index (Phi) is 11.4. The van der Waals surface area contributed by atoms with Crippen molar-refractivity contribution in [1.29, 1.82) is 0 Å². The number of anilines is 3. The summed E-state index contributed by atoms with van der Waals surface area (Å²) >= 11 is 1.86. The molecule has 0 bridgehead atoms. The molecule has 0 fully saturated rings. The van der Waals surface area contributed by atoms with Gasteiger partial charge in [0.15, 0.2) is 0 Å². The Bertz CT molecular complexity index is 5530. The molecule has 0 spiro atoms. The van der Waals surface area contributed by atoms with E-state index < -0.39 is 5.41 Å². The van der Waals surface area contributed by atoms with Crippen molar-refractivity contribution in [2.75, 3.05) is 4.90 Å². The molecule has 88 heavy (non-hydrogen) atoms. The van der Waals surface area contributed by atoms with Crippen LogP contribution in [0.1, 0.15) is 22.3 Å². The second-order valence-corrected chi connectivity index (χ2v) is 24.5. The van der Waals surface area contributed by atoms with E-state index in [1.54, 1.807) is 0 Å². The number of fused-ring (bicyclic) bond motifs is 15. The fourth-order valence-electron chi connectivity index (χ4n) is 15.0. The minimum Gasteiger partial charge on any atom is -0.311 e. The molecular formula is C85H54N2S. The van der Waals surface area contributed by atoms with Gasteiger partial charge in [-0.25, -0.2) is 0 Å². The van der Waals surface area contributed by atoms with Crippen LogP contribution in [0.4, 0.5) is 17.1 Å². The van der Waals surface area contributed by atoms with Gasteiger partial charge in [-0.1, -0.05) is 237 Å². The number of benzene rings is 15. The summed E-state index contributed by atoms with van der Waals surface area (Å²) in [5, 5.41) is 12.6. The van der Waals surface area contributed by atoms with E-state index in [1.807, 2.05) is 11.3 Å². The quantitative estimate of drug-likeness (QED) is 0.131. The predicted octanol–water partition coefficient (Wildman–Crippen LogP) is 23.4. The highest BCUT2D eigenvalue weighted by molar-refractivity contribution is 7.26. The van der Waals surface area contributed by atoms with Crippen molar-refractivity contribution in [2.45, 2.75) is 5.41 Å². The first-order valence-electron chi connectivity index (χ1n) is 30.4. The summed E-state index contributed by atoms with van der Waals surface area (Å²) in [6, 6.07) is 122. The van der Waals surface area contributed by atoms with Crippen molar-refractivity contribution < 1.29 is 0 Å². The molecule has 2 heterocycles. The molecule has 0 N–H and O–H groups in total. The summed E-state index contributed by atoms with van der Waals surface area (Å²) in [6.45, 7) is 0. The second kappa shape index (κ2) is 20.0. The molecule has 410 valence electrons. The zero-order chi connectivity index (χ0) is 57.9. The van der Waals surface area contributed by atoms with Gasteiger partial charge in [-0.2, -0.15) is 0 Å². The standard InChI is InChI=1S/C85H54N2S/c1-4-19-60(20-5-1)85(61-21-6-2-7-22-61)78-32-16-14-29-72(78)73-47-39-59(53-79(73)85)58-41-50-81-77(52-58)76-51-57(40-49-80(76)87(81)65-46-48-71-69-27-11-10-25-67(69)68-26-12-13-28-70(68)75(71)54-65)55-35-42-63(43-36-55)86(62-23-8-3-9-24-62)64-44-37-56(38-45-64)66-31-18-34-83-84(66)74-30-15-17-33-82(74)88-83/h1-54H. The third-order valence-electron chi connectivity index (χ3n) is 18.9. The van der Waals surface area contributed by atoms with Crippen LogP contribution >= 0.6 is 11.3 Å². The van der Waals surface area contributed by atoms with Crippen LogP contribution < -0.4 is 4.90 Å². The summed E-state index contributed by atoms with van der Waals surface area (Å²) in [6.07, 6.45) is 0. The zero-order valence-electron chi connectivity index (χ0n) is 48.0. The molecular weight excluding hydrogens is 1080 g/mol. The first kappa shape index (κ1) is 50.2. The van der Waals surface area contributed by atoms with E-state index in [2.05, 4.69) is 337 Å². The lowest BCUT2D eigenvalue weighted by Crippen LogP contribution is -2.28. The van der Waals surface area contributed by atoms with Gasteiger partial charge in [0.25, 0.3) is 0 Å². The average Bonchev–Trinajstić information content (AvgIpc) is 1.66. The maximum absolute atomic E-state index is 2.49. The van der Waals surface area contributed by atoms with E-state index in [0.717, 1.165) is 44.9 Å². The molecule has 0 atom stereocenters. The molecule has 18 rings (SSSR count). The monoisotopic (exact) mass is 1130 g/mol. The molecule has 1 aliphatic carbocycles. The van der Waals surface area contributed by atoms with Crippen molar-refractivity contribution in [3.63, 3.8) is 0 Å². The molecule has 2 aromatic heterocycles. The number of aromatic nitrogens is 1. The van der Waals surface area contributed by atoms with E-state index in [4.69, 9.17) is 0 Å². The molecule has 0 amide bonds. The Morgan fingerprint density at radius 3 is 1.36 bits per heavy atom. The highest BCUT2D eigenvalue weighted by atomic mass is 32.1. The maximum Gasteiger partial charge on any atom is 0.0713 e. The Balaban J connectivity index is 0.786. The summed E-state index contributed by atoms with van der Waals surface area (Å²) in [7, 11) is 0. The minimum absolute atomic E-state index is 0.501. The van der Waals surface area contributed by atoms with Gasteiger partial charge in [-0.05, 0) is 190 Å². The van der Waals surface area contributed by atoms with E-state index in [9.17, 15) is 0 Å². The minimum atomic E-state index is -0.501. The smallest absolute Gasteiger partial charge is 0.0713 e. The molecule has 2 nitrogen and oxygen atoms in total. The summed E-state index contributed by atoms with van der Waals surface area (Å²) in [5.74, 6) is 0. The molecule has 0 radical (unpaired) electrons. The lowest BCUT2D eigenvalue weighted by molar-refractivity contribution is 0.769. The van der Waals surface area contributed by atoms with E-state index in [1.165, 1.54) is 119 Å². The second-order valence-electron chi connectivity index (χ2n) is 23.4. The highest BCUT2D eigenvalue weighted by Gasteiger charge is 2.46. The normalized spacial score (nSPS) is 12.6. The largest absolute Gasteiger partial charge is 0.311 e. The molecule has 15 aromatic carbocycles. The van der Waals surface area contributed by atoms with Crippen molar-refractivity contribution in [3.8, 4) is 50.2 Å². The van der Waals surface area contributed by atoms with E-state index in [-0.39, 0.29) is 0 Å². The van der Waals surface area contributed by atoms with Gasteiger partial charge in [0.2, 0.25) is 0 Å². The summed E-state index contributed by atoms with van der Waals surface area (Å²) in [5.41, 5.74) is 21.1. The lowest BCUT2D eigenvalue weighted by Gasteiger charge is -2.34. The Hall–Kier alpha value is -11.1. The fourth-order valence-corrected chi connectivity index (χ4v) is 16.1. The molecule has 3 heteroatoms. The first-order chi connectivity index (χ1) is 43.6. The van der Waals surface area contributed by atoms with Gasteiger partial charge in [0, 0.05) is 53.7 Å². The SMILES string of the molecule is c1ccc(N(c2ccc(-c3ccc4c(c3)c3cc(-c5ccc6c(c5)C(c5ccccc5)(c5ccccc5)c5ccccc5-6)ccc3n4-c3ccc4c5ccccc5c5ccccc5c4c3)cc2)c2ccc(-c3cccc4sc5ccccc5c34)cc2)cc1. The number of thiophene rings is 1. The van der Waals surface area contributed by atoms with Crippen molar-refractivity contribution >= 4 is 103 Å². The van der Waals surface area contributed by atoms with Gasteiger partial charge in [0.1, 0.15) is 0 Å². The third-order valence-corrected chi connectivity index (χ3v) is 20.0. The maximum atomic E-state index is 2.49. The highest BCUT2D eigenvalue weighted by Crippen LogP contribution is 2.57. The van der Waals surface area contributed by atoms with Gasteiger partial charge >= 0.3 is 0 Å². The number of para-hydroxylation sites is 1. The van der Waals surface area contributed by atoms with E-state index >= 15 is 0 Å². The topological polar surface area (TPSA) is 8.17 Å². The van der Waals surface area contributed by atoms with Crippen LogP contribution in [-0.4, -0.2) is 4.57 Å². The molecule has 0 aliphatic heterocycles. The first-order valence-corrected chi connectivity index (χ1v) is 31.2. The predicted molar refractivity (Wildman–Crippen MR) is 374 cm³/mol. The van der Waals surface area contributed by atoms with Gasteiger partial charge in [-0.3, -0.25) is 0 Å². The van der Waals surface area contributed by atoms with Crippen molar-refractivity contribution in [2.24, 2.45) is 0 Å². The Morgan fingerprint density at radius 1 is 0.261 bits per heavy atom. The number of nitrogens with zero attached hydrogens (tertiary/aromatic N) is 2. The summed E-state index contributed by atoms with van der Waals surface area (Å²) in [4.78, 5) is 2.36. The van der Waals surface area contributed by atoms with Crippen molar-refractivity contribution in [3.05, 3.63) is 350 Å². The van der Waals surface area contributed by atoms with Crippen LogP contribution in [-0.2, 0) is 5.41 Å². The van der Waals surface area contributed by atoms with Gasteiger partial charge < -0.3 is 9.47 Å². The molecule has 17 aromatic rings. The molecule has 0 unspecified atom stereocenters. The Labute approximate surface area is 514 Å². The number of rotatable bonds is 9. The Morgan fingerprint density at radius 2 is 0.716 bits per heavy atom. The van der Waals surface area contributed by atoms with Gasteiger partial charge in [-0.15, -0.1) is 11.3 Å². The van der Waals surface area contributed by atoms with Crippen LogP contribution in [0, 0.1) is 0 Å².